The second kappa shape index (κ2) is 6.90. The molecule has 1 unspecified atom stereocenters. The molecule has 1 atom stereocenters. The highest BCUT2D eigenvalue weighted by Crippen LogP contribution is 2.31. The quantitative estimate of drug-likeness (QED) is 0.632. The van der Waals surface area contributed by atoms with Crippen molar-refractivity contribution < 1.29 is 23.9 Å². The zero-order chi connectivity index (χ0) is 17.9. The molecule has 24 heavy (non-hydrogen) atoms. The molecule has 1 aliphatic heterocycles. The number of urea groups is 1. The third-order valence-corrected chi connectivity index (χ3v) is 4.00. The van der Waals surface area contributed by atoms with Crippen molar-refractivity contribution in [3.8, 4) is 5.75 Å². The Labute approximate surface area is 140 Å². The van der Waals surface area contributed by atoms with E-state index in [0.29, 0.717) is 17.7 Å². The number of rotatable bonds is 6. The van der Waals surface area contributed by atoms with Crippen LogP contribution < -0.4 is 10.1 Å². The van der Waals surface area contributed by atoms with E-state index in [-0.39, 0.29) is 6.61 Å². The summed E-state index contributed by atoms with van der Waals surface area (Å²) in [7, 11) is 1.57. The number of ether oxygens (including phenoxy) is 2. The molecular weight excluding hydrogens is 312 g/mol. The van der Waals surface area contributed by atoms with Gasteiger partial charge in [-0.25, -0.2) is 4.79 Å². The Hall–Kier alpha value is -2.57. The van der Waals surface area contributed by atoms with E-state index in [2.05, 4.69) is 5.32 Å². The Kier molecular flexibility index (Phi) is 5.11. The number of hydrogen-bond acceptors (Lipinski definition) is 5. The third kappa shape index (κ3) is 3.20. The molecule has 0 radical (unpaired) electrons. The molecule has 1 aromatic rings. The summed E-state index contributed by atoms with van der Waals surface area (Å²) in [5, 5.41) is 2.66. The predicted molar refractivity (Wildman–Crippen MR) is 86.6 cm³/mol. The van der Waals surface area contributed by atoms with Crippen LogP contribution in [0.4, 0.5) is 4.79 Å². The van der Waals surface area contributed by atoms with Crippen LogP contribution in [0.2, 0.25) is 0 Å². The lowest BCUT2D eigenvalue weighted by molar-refractivity contribution is -0.147. The summed E-state index contributed by atoms with van der Waals surface area (Å²) < 4.78 is 10.2. The number of nitrogens with zero attached hydrogens (tertiary/aromatic N) is 1. The van der Waals surface area contributed by atoms with E-state index in [1.165, 1.54) is 0 Å². The lowest BCUT2D eigenvalue weighted by Gasteiger charge is -2.23. The first kappa shape index (κ1) is 17.8. The van der Waals surface area contributed by atoms with Crippen molar-refractivity contribution in [3.05, 3.63) is 29.3 Å². The lowest BCUT2D eigenvalue weighted by atomic mass is 9.90. The molecule has 0 saturated carbocycles. The van der Waals surface area contributed by atoms with Gasteiger partial charge < -0.3 is 14.8 Å². The molecule has 1 fully saturated rings. The van der Waals surface area contributed by atoms with Crippen LogP contribution in [0.5, 0.6) is 5.75 Å². The molecule has 1 N–H and O–H groups in total. The van der Waals surface area contributed by atoms with Crippen LogP contribution >= 0.6 is 0 Å². The highest BCUT2D eigenvalue weighted by atomic mass is 16.5. The average Bonchev–Trinajstić information content (AvgIpc) is 2.77. The number of esters is 1. The van der Waals surface area contributed by atoms with Gasteiger partial charge in [0.05, 0.1) is 13.7 Å². The minimum Gasteiger partial charge on any atom is -0.496 e. The molecule has 1 saturated heterocycles. The van der Waals surface area contributed by atoms with Crippen molar-refractivity contribution >= 4 is 17.9 Å². The highest BCUT2D eigenvalue weighted by molar-refractivity contribution is 6.08. The van der Waals surface area contributed by atoms with Crippen molar-refractivity contribution in [2.75, 3.05) is 20.3 Å². The van der Waals surface area contributed by atoms with Crippen LogP contribution in [0.15, 0.2) is 18.2 Å². The first-order valence-corrected chi connectivity index (χ1v) is 7.78. The van der Waals surface area contributed by atoms with E-state index in [1.54, 1.807) is 32.2 Å². The summed E-state index contributed by atoms with van der Waals surface area (Å²) >= 11 is 0. The van der Waals surface area contributed by atoms with Crippen LogP contribution in [-0.2, 0) is 19.9 Å². The molecule has 1 heterocycles. The molecule has 0 spiro atoms. The fraction of sp³-hybridized carbons (Fsp3) is 0.471. The Bertz CT molecular complexity index is 673. The standard InChI is InChI=1S/C17H22N2O5/c1-5-8-24-14(20)10-19-15(21)17(3,18-16(19)22)12-6-7-13(23-4)11(2)9-12/h6-7,9H,5,8,10H2,1-4H3,(H,18,22). The van der Waals surface area contributed by atoms with E-state index in [4.69, 9.17) is 9.47 Å². The molecule has 1 aliphatic rings. The van der Waals surface area contributed by atoms with Crippen molar-refractivity contribution in [1.29, 1.82) is 0 Å². The molecule has 7 nitrogen and oxygen atoms in total. The van der Waals surface area contributed by atoms with Crippen molar-refractivity contribution in [2.45, 2.75) is 32.7 Å². The lowest BCUT2D eigenvalue weighted by Crippen LogP contribution is -2.41. The van der Waals surface area contributed by atoms with Crippen LogP contribution in [0.25, 0.3) is 0 Å². The zero-order valence-electron chi connectivity index (χ0n) is 14.3. The minimum absolute atomic E-state index is 0.261. The molecule has 1 aromatic carbocycles. The number of aryl methyl sites for hydroxylation is 1. The Balaban J connectivity index is 2.22. The van der Waals surface area contributed by atoms with Gasteiger partial charge in [-0.3, -0.25) is 14.5 Å². The first-order valence-electron chi connectivity index (χ1n) is 7.78. The number of imide groups is 1. The molecule has 130 valence electrons. The van der Waals surface area contributed by atoms with Gasteiger partial charge in [0.2, 0.25) is 0 Å². The zero-order valence-corrected chi connectivity index (χ0v) is 14.3. The van der Waals surface area contributed by atoms with Gasteiger partial charge in [0.25, 0.3) is 5.91 Å². The minimum atomic E-state index is -1.22. The van der Waals surface area contributed by atoms with Gasteiger partial charge in [-0.2, -0.15) is 0 Å². The smallest absolute Gasteiger partial charge is 0.326 e. The first-order chi connectivity index (χ1) is 11.3. The largest absolute Gasteiger partial charge is 0.496 e. The van der Waals surface area contributed by atoms with Crippen molar-refractivity contribution in [1.82, 2.24) is 10.2 Å². The molecule has 7 heteroatoms. The van der Waals surface area contributed by atoms with E-state index in [1.807, 2.05) is 13.8 Å². The molecule has 0 bridgehead atoms. The maximum absolute atomic E-state index is 12.7. The summed E-state index contributed by atoms with van der Waals surface area (Å²) in [6.45, 7) is 5.20. The van der Waals surface area contributed by atoms with Crippen LogP contribution in [0.3, 0.4) is 0 Å². The number of nitrogens with one attached hydrogen (secondary N) is 1. The van der Waals surface area contributed by atoms with E-state index >= 15 is 0 Å². The molecule has 0 aromatic heterocycles. The number of methoxy groups -OCH3 is 1. The fourth-order valence-corrected chi connectivity index (χ4v) is 2.62. The van der Waals surface area contributed by atoms with E-state index in [9.17, 15) is 14.4 Å². The third-order valence-electron chi connectivity index (χ3n) is 4.00. The predicted octanol–water partition coefficient (Wildman–Crippen LogP) is 1.72. The number of carbonyl (C=O) groups excluding carboxylic acids is 3. The summed E-state index contributed by atoms with van der Waals surface area (Å²) in [6.07, 6.45) is 0.675. The average molecular weight is 334 g/mol. The summed E-state index contributed by atoms with van der Waals surface area (Å²) in [5.74, 6) is -0.389. The van der Waals surface area contributed by atoms with Gasteiger partial charge in [-0.15, -0.1) is 0 Å². The maximum atomic E-state index is 12.7. The summed E-state index contributed by atoms with van der Waals surface area (Å²) in [4.78, 5) is 37.5. The molecule has 3 amide bonds. The van der Waals surface area contributed by atoms with Gasteiger partial charge in [0.1, 0.15) is 17.8 Å². The molecular formula is C17H22N2O5. The number of carbonyl (C=O) groups is 3. The number of hydrogen-bond donors (Lipinski definition) is 1. The SMILES string of the molecule is CCCOC(=O)CN1C(=O)NC(C)(c2ccc(OC)c(C)c2)C1=O. The number of benzene rings is 1. The fourth-order valence-electron chi connectivity index (χ4n) is 2.62. The maximum Gasteiger partial charge on any atom is 0.326 e. The van der Waals surface area contributed by atoms with Crippen LogP contribution in [0.1, 0.15) is 31.4 Å². The normalized spacial score (nSPS) is 20.1. The topological polar surface area (TPSA) is 84.9 Å². The van der Waals surface area contributed by atoms with Gasteiger partial charge in [0, 0.05) is 0 Å². The van der Waals surface area contributed by atoms with Gasteiger partial charge in [-0.1, -0.05) is 13.0 Å². The van der Waals surface area contributed by atoms with Gasteiger partial charge in [0.15, 0.2) is 0 Å². The number of amides is 3. The summed E-state index contributed by atoms with van der Waals surface area (Å²) in [5.41, 5.74) is 0.252. The monoisotopic (exact) mass is 334 g/mol. The Morgan fingerprint density at radius 1 is 1.33 bits per heavy atom. The summed E-state index contributed by atoms with van der Waals surface area (Å²) in [6, 6.07) is 4.65. The van der Waals surface area contributed by atoms with Crippen LogP contribution in [-0.4, -0.2) is 43.1 Å². The van der Waals surface area contributed by atoms with E-state index < -0.39 is 30.0 Å². The Morgan fingerprint density at radius 2 is 2.04 bits per heavy atom. The van der Waals surface area contributed by atoms with Crippen molar-refractivity contribution in [2.24, 2.45) is 0 Å². The Morgan fingerprint density at radius 3 is 2.62 bits per heavy atom. The molecule has 2 rings (SSSR count). The van der Waals surface area contributed by atoms with E-state index in [0.717, 1.165) is 10.5 Å². The van der Waals surface area contributed by atoms with Crippen molar-refractivity contribution in [3.63, 3.8) is 0 Å². The van der Waals surface area contributed by atoms with Gasteiger partial charge in [-0.05, 0) is 43.5 Å². The van der Waals surface area contributed by atoms with Crippen LogP contribution in [0, 0.1) is 6.92 Å². The second-order valence-electron chi connectivity index (χ2n) is 5.85. The highest BCUT2D eigenvalue weighted by Gasteiger charge is 2.49. The molecule has 0 aliphatic carbocycles. The van der Waals surface area contributed by atoms with Gasteiger partial charge >= 0.3 is 12.0 Å². The second-order valence-corrected chi connectivity index (χ2v) is 5.85.